The topological polar surface area (TPSA) is 92.9 Å². The smallest absolute Gasteiger partial charge is 0.251 e. The first kappa shape index (κ1) is 24.9. The highest BCUT2D eigenvalue weighted by Crippen LogP contribution is 2.31. The Morgan fingerprint density at radius 2 is 1.74 bits per heavy atom. The number of aryl methyl sites for hydroxylation is 4. The SMILES string of the molecule is C=C(Nc1ccc(C(=O)NCc2oc(C)nc2C)cc1)c1cc(-c2ccccn2)nc2c(C)cc(C)cc12. The van der Waals surface area contributed by atoms with Crippen molar-refractivity contribution in [1.82, 2.24) is 20.3 Å². The van der Waals surface area contributed by atoms with Crippen molar-refractivity contribution in [2.45, 2.75) is 34.2 Å². The van der Waals surface area contributed by atoms with Gasteiger partial charge in [0.25, 0.3) is 5.91 Å². The van der Waals surface area contributed by atoms with E-state index in [1.807, 2.05) is 43.3 Å². The van der Waals surface area contributed by atoms with Gasteiger partial charge in [-0.3, -0.25) is 9.78 Å². The van der Waals surface area contributed by atoms with Crippen LogP contribution in [0.25, 0.3) is 28.0 Å². The van der Waals surface area contributed by atoms with Gasteiger partial charge in [-0.05, 0) is 74.9 Å². The Hall–Kier alpha value is -4.78. The zero-order chi connectivity index (χ0) is 26.8. The predicted octanol–water partition coefficient (Wildman–Crippen LogP) is 6.53. The van der Waals surface area contributed by atoms with E-state index in [4.69, 9.17) is 9.40 Å². The van der Waals surface area contributed by atoms with Crippen molar-refractivity contribution in [3.05, 3.63) is 113 Å². The zero-order valence-electron chi connectivity index (χ0n) is 21.9. The van der Waals surface area contributed by atoms with Gasteiger partial charge < -0.3 is 15.1 Å². The van der Waals surface area contributed by atoms with E-state index in [0.717, 1.165) is 56.1 Å². The second-order valence-corrected chi connectivity index (χ2v) is 9.35. The fraction of sp³-hybridized carbons (Fsp3) is 0.161. The molecule has 3 heterocycles. The Balaban J connectivity index is 1.38. The van der Waals surface area contributed by atoms with Crippen LogP contribution in [0.15, 0.2) is 77.9 Å². The number of pyridine rings is 2. The number of nitrogens with zero attached hydrogens (tertiary/aromatic N) is 3. The molecule has 5 rings (SSSR count). The number of hydrogen-bond acceptors (Lipinski definition) is 6. The molecule has 3 aromatic heterocycles. The van der Waals surface area contributed by atoms with E-state index in [9.17, 15) is 4.79 Å². The van der Waals surface area contributed by atoms with E-state index in [-0.39, 0.29) is 12.5 Å². The van der Waals surface area contributed by atoms with Crippen LogP contribution in [-0.4, -0.2) is 20.9 Å². The lowest BCUT2D eigenvalue weighted by molar-refractivity contribution is 0.0948. The van der Waals surface area contributed by atoms with E-state index < -0.39 is 0 Å². The molecule has 0 aliphatic rings. The number of benzene rings is 2. The molecule has 7 heteroatoms. The van der Waals surface area contributed by atoms with Gasteiger partial charge in [0.1, 0.15) is 5.76 Å². The van der Waals surface area contributed by atoms with Crippen LogP contribution in [0, 0.1) is 27.7 Å². The molecular formula is C31H29N5O2. The van der Waals surface area contributed by atoms with Crippen LogP contribution >= 0.6 is 0 Å². The first-order chi connectivity index (χ1) is 18.3. The molecular weight excluding hydrogens is 474 g/mol. The van der Waals surface area contributed by atoms with Crippen LogP contribution < -0.4 is 10.6 Å². The zero-order valence-corrected chi connectivity index (χ0v) is 21.9. The lowest BCUT2D eigenvalue weighted by atomic mass is 9.99. The first-order valence-corrected chi connectivity index (χ1v) is 12.4. The summed E-state index contributed by atoms with van der Waals surface area (Å²) in [5.74, 6) is 1.06. The van der Waals surface area contributed by atoms with Gasteiger partial charge in [0.05, 0.1) is 29.1 Å². The second kappa shape index (κ2) is 10.3. The molecule has 7 nitrogen and oxygen atoms in total. The molecule has 0 spiro atoms. The number of carbonyl (C=O) groups excluding carboxylic acids is 1. The summed E-state index contributed by atoms with van der Waals surface area (Å²) in [5, 5.41) is 7.31. The van der Waals surface area contributed by atoms with Crippen LogP contribution in [0.4, 0.5) is 5.69 Å². The maximum atomic E-state index is 12.6. The van der Waals surface area contributed by atoms with Gasteiger partial charge in [-0.15, -0.1) is 0 Å². The highest BCUT2D eigenvalue weighted by atomic mass is 16.4. The molecule has 2 N–H and O–H groups in total. The highest BCUT2D eigenvalue weighted by Gasteiger charge is 2.14. The van der Waals surface area contributed by atoms with Crippen LogP contribution in [0.5, 0.6) is 0 Å². The molecule has 1 amide bonds. The Morgan fingerprint density at radius 3 is 2.42 bits per heavy atom. The number of oxazole rings is 1. The van der Waals surface area contributed by atoms with Crippen LogP contribution in [0.1, 0.15) is 44.4 Å². The van der Waals surface area contributed by atoms with Crippen molar-refractivity contribution in [2.75, 3.05) is 5.32 Å². The van der Waals surface area contributed by atoms with E-state index >= 15 is 0 Å². The molecule has 0 unspecified atom stereocenters. The predicted molar refractivity (Wildman–Crippen MR) is 151 cm³/mol. The number of nitrogens with one attached hydrogen (secondary N) is 2. The minimum absolute atomic E-state index is 0.185. The summed E-state index contributed by atoms with van der Waals surface area (Å²) in [5.41, 5.74) is 8.58. The average molecular weight is 504 g/mol. The Kier molecular flexibility index (Phi) is 6.75. The van der Waals surface area contributed by atoms with Crippen LogP contribution in [-0.2, 0) is 6.54 Å². The summed E-state index contributed by atoms with van der Waals surface area (Å²) in [6.45, 7) is 12.4. The molecule has 190 valence electrons. The summed E-state index contributed by atoms with van der Waals surface area (Å²) in [6, 6.07) is 19.4. The number of anilines is 1. The van der Waals surface area contributed by atoms with Crippen LogP contribution in [0.3, 0.4) is 0 Å². The van der Waals surface area contributed by atoms with E-state index in [2.05, 4.69) is 53.2 Å². The molecule has 5 aromatic rings. The fourth-order valence-corrected chi connectivity index (χ4v) is 4.52. The highest BCUT2D eigenvalue weighted by molar-refractivity contribution is 5.98. The minimum atomic E-state index is -0.185. The van der Waals surface area contributed by atoms with E-state index in [1.165, 1.54) is 0 Å². The van der Waals surface area contributed by atoms with Gasteiger partial charge >= 0.3 is 0 Å². The number of aromatic nitrogens is 3. The van der Waals surface area contributed by atoms with Crippen molar-refractivity contribution in [3.63, 3.8) is 0 Å². The van der Waals surface area contributed by atoms with Crippen molar-refractivity contribution in [1.29, 1.82) is 0 Å². The van der Waals surface area contributed by atoms with Crippen molar-refractivity contribution in [3.8, 4) is 11.4 Å². The van der Waals surface area contributed by atoms with Gasteiger partial charge in [0.15, 0.2) is 5.89 Å². The van der Waals surface area contributed by atoms with Gasteiger partial charge in [0.2, 0.25) is 0 Å². The van der Waals surface area contributed by atoms with Gasteiger partial charge in [-0.2, -0.15) is 0 Å². The lowest BCUT2D eigenvalue weighted by Crippen LogP contribution is -2.22. The molecule has 0 saturated carbocycles. The molecule has 0 radical (unpaired) electrons. The number of hydrogen-bond donors (Lipinski definition) is 2. The monoisotopic (exact) mass is 503 g/mol. The molecule has 0 bridgehead atoms. The molecule has 0 aliphatic heterocycles. The van der Waals surface area contributed by atoms with Crippen molar-refractivity contribution < 1.29 is 9.21 Å². The Bertz CT molecular complexity index is 1650. The molecule has 0 saturated heterocycles. The number of rotatable bonds is 7. The number of fused-ring (bicyclic) bond motifs is 1. The largest absolute Gasteiger partial charge is 0.444 e. The first-order valence-electron chi connectivity index (χ1n) is 12.4. The van der Waals surface area contributed by atoms with E-state index in [0.29, 0.717) is 17.2 Å². The standard InChI is InChI=1S/C31H29N5O2/c1-18-14-19(2)30-26(15-18)25(16-28(36-30)27-8-6-7-13-32-27)20(3)35-24-11-9-23(10-12-24)31(37)33-17-29-21(4)34-22(5)38-29/h6-16,35H,3,17H2,1-2,4-5H3,(H,33,37). The molecule has 38 heavy (non-hydrogen) atoms. The van der Waals surface area contributed by atoms with Crippen LogP contribution in [0.2, 0.25) is 0 Å². The third-order valence-electron chi connectivity index (χ3n) is 6.35. The Morgan fingerprint density at radius 1 is 0.947 bits per heavy atom. The minimum Gasteiger partial charge on any atom is -0.444 e. The quantitative estimate of drug-likeness (QED) is 0.262. The maximum absolute atomic E-state index is 12.6. The summed E-state index contributed by atoms with van der Waals surface area (Å²) in [4.78, 5) is 26.3. The van der Waals surface area contributed by atoms with Gasteiger partial charge in [0, 0.05) is 41.0 Å². The third-order valence-corrected chi connectivity index (χ3v) is 6.35. The average Bonchev–Trinajstić information content (AvgIpc) is 3.24. The Labute approximate surface area is 221 Å². The van der Waals surface area contributed by atoms with E-state index in [1.54, 1.807) is 25.3 Å². The number of carbonyl (C=O) groups is 1. The van der Waals surface area contributed by atoms with Gasteiger partial charge in [-0.1, -0.05) is 24.3 Å². The van der Waals surface area contributed by atoms with Crippen molar-refractivity contribution in [2.24, 2.45) is 0 Å². The third kappa shape index (κ3) is 5.18. The summed E-state index contributed by atoms with van der Waals surface area (Å²) >= 11 is 0. The summed E-state index contributed by atoms with van der Waals surface area (Å²) < 4.78 is 5.53. The second-order valence-electron chi connectivity index (χ2n) is 9.35. The lowest BCUT2D eigenvalue weighted by Gasteiger charge is -2.16. The van der Waals surface area contributed by atoms with Gasteiger partial charge in [-0.25, -0.2) is 9.97 Å². The molecule has 0 aliphatic carbocycles. The summed E-state index contributed by atoms with van der Waals surface area (Å²) in [7, 11) is 0. The maximum Gasteiger partial charge on any atom is 0.251 e. The molecule has 0 fully saturated rings. The normalized spacial score (nSPS) is 10.9. The fourth-order valence-electron chi connectivity index (χ4n) is 4.52. The summed E-state index contributed by atoms with van der Waals surface area (Å²) in [6.07, 6.45) is 1.77. The van der Waals surface area contributed by atoms with Crippen molar-refractivity contribution >= 4 is 28.2 Å². The number of amides is 1. The molecule has 0 atom stereocenters. The molecule has 2 aromatic carbocycles.